The van der Waals surface area contributed by atoms with E-state index in [0.29, 0.717) is 17.2 Å². The van der Waals surface area contributed by atoms with Gasteiger partial charge < -0.3 is 13.9 Å². The lowest BCUT2D eigenvalue weighted by molar-refractivity contribution is -0.115. The zero-order valence-electron chi connectivity index (χ0n) is 13.6. The number of amides is 1. The Morgan fingerprint density at radius 2 is 2.08 bits per heavy atom. The van der Waals surface area contributed by atoms with E-state index in [9.17, 15) is 4.79 Å². The van der Waals surface area contributed by atoms with Gasteiger partial charge in [-0.2, -0.15) is 5.10 Å². The second kappa shape index (κ2) is 5.93. The third-order valence-electron chi connectivity index (χ3n) is 3.81. The van der Waals surface area contributed by atoms with Gasteiger partial charge in [-0.3, -0.25) is 14.8 Å². The predicted octanol–water partition coefficient (Wildman–Crippen LogP) is 1.69. The molecule has 0 saturated carbocycles. The number of hydrogen-bond donors (Lipinski definition) is 1. The third kappa shape index (κ3) is 3.03. The number of carbonyl (C=O) groups is 1. The number of nitrogens with zero attached hydrogens (tertiary/aromatic N) is 4. The molecule has 9 heteroatoms. The smallest absolute Gasteiger partial charge is 0.322 e. The number of ether oxygens (including phenoxy) is 2. The van der Waals surface area contributed by atoms with Gasteiger partial charge in [-0.25, -0.2) is 0 Å². The average molecular weight is 341 g/mol. The molecule has 1 amide bonds. The maximum Gasteiger partial charge on any atom is 0.322 e. The summed E-state index contributed by atoms with van der Waals surface area (Å²) in [6, 6.07) is 7.22. The lowest BCUT2D eigenvalue weighted by Crippen LogP contribution is -2.14. The summed E-state index contributed by atoms with van der Waals surface area (Å²) in [6.45, 7) is 2.11. The van der Waals surface area contributed by atoms with Crippen molar-refractivity contribution in [2.75, 3.05) is 12.1 Å². The summed E-state index contributed by atoms with van der Waals surface area (Å²) in [7, 11) is 1.82. The van der Waals surface area contributed by atoms with Crippen LogP contribution in [0.3, 0.4) is 0 Å². The van der Waals surface area contributed by atoms with E-state index in [0.717, 1.165) is 11.3 Å². The maximum absolute atomic E-state index is 12.2. The summed E-state index contributed by atoms with van der Waals surface area (Å²) >= 11 is 0. The molecule has 0 spiro atoms. The topological polar surface area (TPSA) is 104 Å². The number of aromatic nitrogens is 4. The van der Waals surface area contributed by atoms with Crippen LogP contribution in [0.1, 0.15) is 11.3 Å². The number of fused-ring (bicyclic) bond motifs is 1. The van der Waals surface area contributed by atoms with Gasteiger partial charge in [0.05, 0.1) is 6.42 Å². The van der Waals surface area contributed by atoms with E-state index in [1.807, 2.05) is 26.1 Å². The van der Waals surface area contributed by atoms with Crippen LogP contribution in [0.25, 0.3) is 11.6 Å². The van der Waals surface area contributed by atoms with E-state index in [-0.39, 0.29) is 31.0 Å². The standard InChI is InChI=1S/C16H15N5O4/c1-9-5-11(20-21(9)2)15-18-19-16(25-15)17-14(22)7-10-3-4-12-13(6-10)24-8-23-12/h3-6H,7-8H2,1-2H3,(H,17,19,22). The molecule has 2 aromatic heterocycles. The molecule has 0 aliphatic carbocycles. The summed E-state index contributed by atoms with van der Waals surface area (Å²) in [4.78, 5) is 12.2. The molecule has 0 bridgehead atoms. The number of aryl methyl sites for hydroxylation is 2. The molecule has 9 nitrogen and oxygen atoms in total. The Morgan fingerprint density at radius 1 is 1.24 bits per heavy atom. The molecule has 25 heavy (non-hydrogen) atoms. The van der Waals surface area contributed by atoms with Gasteiger partial charge in [0.15, 0.2) is 11.5 Å². The van der Waals surface area contributed by atoms with Crippen LogP contribution in [0.5, 0.6) is 11.5 Å². The Kier molecular flexibility index (Phi) is 3.60. The van der Waals surface area contributed by atoms with E-state index in [4.69, 9.17) is 13.9 Å². The number of benzene rings is 1. The first kappa shape index (κ1) is 15.2. The zero-order chi connectivity index (χ0) is 17.4. The minimum absolute atomic E-state index is 0.0315. The lowest BCUT2D eigenvalue weighted by Gasteiger charge is -2.02. The fraction of sp³-hybridized carbons (Fsp3) is 0.250. The monoisotopic (exact) mass is 341 g/mol. The van der Waals surface area contributed by atoms with Crippen LogP contribution in [0.2, 0.25) is 0 Å². The van der Waals surface area contributed by atoms with Gasteiger partial charge in [0.2, 0.25) is 12.7 Å². The number of nitrogens with one attached hydrogen (secondary N) is 1. The molecular formula is C16H15N5O4. The first-order chi connectivity index (χ1) is 12.1. The van der Waals surface area contributed by atoms with Gasteiger partial charge in [-0.05, 0) is 30.7 Å². The molecule has 1 aliphatic heterocycles. The summed E-state index contributed by atoms with van der Waals surface area (Å²) in [6.07, 6.45) is 0.150. The van der Waals surface area contributed by atoms with Crippen LogP contribution in [0.15, 0.2) is 28.7 Å². The summed E-state index contributed by atoms with van der Waals surface area (Å²) < 4.78 is 17.7. The van der Waals surface area contributed by atoms with Crippen molar-refractivity contribution in [2.24, 2.45) is 7.05 Å². The second-order valence-corrected chi connectivity index (χ2v) is 5.62. The molecule has 3 aromatic rings. The molecule has 3 heterocycles. The lowest BCUT2D eigenvalue weighted by atomic mass is 10.1. The van der Waals surface area contributed by atoms with Gasteiger partial charge in [0.1, 0.15) is 5.69 Å². The number of hydrogen-bond acceptors (Lipinski definition) is 7. The molecule has 0 fully saturated rings. The van der Waals surface area contributed by atoms with Crippen LogP contribution in [-0.2, 0) is 18.3 Å². The Balaban J connectivity index is 1.43. The normalized spacial score (nSPS) is 12.4. The highest BCUT2D eigenvalue weighted by molar-refractivity contribution is 5.90. The van der Waals surface area contributed by atoms with Crippen molar-refractivity contribution in [1.82, 2.24) is 20.0 Å². The van der Waals surface area contributed by atoms with E-state index >= 15 is 0 Å². The SMILES string of the molecule is Cc1cc(-c2nnc(NC(=O)Cc3ccc4c(c3)OCO4)o2)nn1C. The Hall–Kier alpha value is -3.36. The van der Waals surface area contributed by atoms with Crippen LogP contribution in [0.4, 0.5) is 6.01 Å². The molecule has 0 radical (unpaired) electrons. The maximum atomic E-state index is 12.2. The largest absolute Gasteiger partial charge is 0.454 e. The van der Waals surface area contributed by atoms with E-state index in [2.05, 4.69) is 20.6 Å². The molecule has 1 aliphatic rings. The molecule has 128 valence electrons. The van der Waals surface area contributed by atoms with Gasteiger partial charge in [0.25, 0.3) is 5.89 Å². The first-order valence-electron chi connectivity index (χ1n) is 7.61. The van der Waals surface area contributed by atoms with E-state index in [1.165, 1.54) is 0 Å². The molecule has 0 saturated heterocycles. The van der Waals surface area contributed by atoms with Crippen LogP contribution < -0.4 is 14.8 Å². The van der Waals surface area contributed by atoms with Gasteiger partial charge in [-0.1, -0.05) is 11.2 Å². The highest BCUT2D eigenvalue weighted by Gasteiger charge is 2.17. The van der Waals surface area contributed by atoms with Crippen molar-refractivity contribution >= 4 is 11.9 Å². The first-order valence-corrected chi connectivity index (χ1v) is 7.61. The Morgan fingerprint density at radius 3 is 2.88 bits per heavy atom. The summed E-state index contributed by atoms with van der Waals surface area (Å²) in [5.41, 5.74) is 2.31. The predicted molar refractivity (Wildman–Crippen MR) is 86.1 cm³/mol. The average Bonchev–Trinajstić information content (AvgIpc) is 3.28. The van der Waals surface area contributed by atoms with Crippen molar-refractivity contribution in [3.8, 4) is 23.1 Å². The van der Waals surface area contributed by atoms with Crippen LogP contribution in [0, 0.1) is 6.92 Å². The Bertz CT molecular complexity index is 926. The molecule has 0 unspecified atom stereocenters. The molecule has 1 N–H and O–H groups in total. The van der Waals surface area contributed by atoms with Crippen molar-refractivity contribution in [3.05, 3.63) is 35.5 Å². The summed E-state index contributed by atoms with van der Waals surface area (Å²) in [5.74, 6) is 1.29. The molecule has 4 rings (SSSR count). The van der Waals surface area contributed by atoms with Crippen molar-refractivity contribution in [3.63, 3.8) is 0 Å². The van der Waals surface area contributed by atoms with Crippen molar-refractivity contribution < 1.29 is 18.7 Å². The van der Waals surface area contributed by atoms with Gasteiger partial charge in [-0.15, -0.1) is 5.10 Å². The highest BCUT2D eigenvalue weighted by atomic mass is 16.7. The fourth-order valence-electron chi connectivity index (χ4n) is 2.44. The number of rotatable bonds is 4. The fourth-order valence-corrected chi connectivity index (χ4v) is 2.44. The van der Waals surface area contributed by atoms with Crippen molar-refractivity contribution in [2.45, 2.75) is 13.3 Å². The van der Waals surface area contributed by atoms with E-state index < -0.39 is 0 Å². The van der Waals surface area contributed by atoms with E-state index in [1.54, 1.807) is 16.8 Å². The minimum Gasteiger partial charge on any atom is -0.454 e. The Labute approximate surface area is 142 Å². The van der Waals surface area contributed by atoms with Gasteiger partial charge >= 0.3 is 6.01 Å². The highest BCUT2D eigenvalue weighted by Crippen LogP contribution is 2.32. The molecule has 1 aromatic carbocycles. The minimum atomic E-state index is -0.272. The van der Waals surface area contributed by atoms with Crippen LogP contribution >= 0.6 is 0 Å². The quantitative estimate of drug-likeness (QED) is 0.770. The number of carbonyl (C=O) groups excluding carboxylic acids is 1. The van der Waals surface area contributed by atoms with Crippen LogP contribution in [-0.4, -0.2) is 32.7 Å². The molecule has 0 atom stereocenters. The summed E-state index contributed by atoms with van der Waals surface area (Å²) in [5, 5.41) is 14.6. The second-order valence-electron chi connectivity index (χ2n) is 5.62. The third-order valence-corrected chi connectivity index (χ3v) is 3.81. The molecular weight excluding hydrogens is 326 g/mol. The zero-order valence-corrected chi connectivity index (χ0v) is 13.6. The number of anilines is 1. The van der Waals surface area contributed by atoms with Crippen molar-refractivity contribution in [1.29, 1.82) is 0 Å². The van der Waals surface area contributed by atoms with Gasteiger partial charge in [0, 0.05) is 12.7 Å².